The molecule has 31 heavy (non-hydrogen) atoms. The molecule has 3 aromatic carbocycles. The largest absolute Gasteiger partial charge is 0.489 e. The molecule has 3 heteroatoms. The smallest absolute Gasteiger partial charge is 0.133 e. The molecule has 3 heterocycles. The van der Waals surface area contributed by atoms with Crippen LogP contribution in [0.2, 0.25) is 0 Å². The first-order valence-corrected chi connectivity index (χ1v) is 11.0. The van der Waals surface area contributed by atoms with Gasteiger partial charge in [0.05, 0.1) is 21.8 Å². The second kappa shape index (κ2) is 5.82. The molecule has 0 spiro atoms. The number of hydrogen-bond donors (Lipinski definition) is 0. The highest BCUT2D eigenvalue weighted by atomic mass is 16.5. The highest BCUT2D eigenvalue weighted by molar-refractivity contribution is 6.14. The molecule has 0 bridgehead atoms. The van der Waals surface area contributed by atoms with Crippen molar-refractivity contribution in [2.24, 2.45) is 0 Å². The van der Waals surface area contributed by atoms with Gasteiger partial charge in [0.2, 0.25) is 0 Å². The minimum atomic E-state index is -0.194. The van der Waals surface area contributed by atoms with Crippen LogP contribution in [0.1, 0.15) is 25.0 Å². The van der Waals surface area contributed by atoms with Gasteiger partial charge in [-0.3, -0.25) is 0 Å². The molecule has 0 radical (unpaired) electrons. The Bertz CT molecular complexity index is 1460. The first-order chi connectivity index (χ1) is 15.1. The van der Waals surface area contributed by atoms with Crippen LogP contribution in [0.4, 0.5) is 0 Å². The van der Waals surface area contributed by atoms with E-state index in [0.717, 1.165) is 17.9 Å². The third-order valence-electron chi connectivity index (χ3n) is 7.16. The highest BCUT2D eigenvalue weighted by Crippen LogP contribution is 2.49. The lowest BCUT2D eigenvalue weighted by Crippen LogP contribution is -2.34. The molecule has 7 rings (SSSR count). The van der Waals surface area contributed by atoms with Crippen LogP contribution in [0.25, 0.3) is 27.5 Å². The molecule has 0 saturated carbocycles. The summed E-state index contributed by atoms with van der Waals surface area (Å²) in [5, 5.41) is 2.47. The topological polar surface area (TPSA) is 23.4 Å². The molecule has 4 aromatic rings. The standard InChI is InChI=1S/C28H23NO2/c1-17-15-18-11-13-23-26(27(18)30-17)20-7-3-5-9-22(20)29(23)19-12-14-25-28(2,16-19)21-8-4-6-10-24(21)31-25/h3-14,16-17,25H,15H2,1-2H3. The third kappa shape index (κ3) is 2.18. The van der Waals surface area contributed by atoms with E-state index in [-0.39, 0.29) is 17.6 Å². The summed E-state index contributed by atoms with van der Waals surface area (Å²) in [5.41, 5.74) is 5.94. The zero-order valence-corrected chi connectivity index (χ0v) is 17.6. The van der Waals surface area contributed by atoms with Crippen LogP contribution in [-0.4, -0.2) is 16.8 Å². The van der Waals surface area contributed by atoms with Crippen molar-refractivity contribution in [2.75, 3.05) is 0 Å². The van der Waals surface area contributed by atoms with Gasteiger partial charge in [-0.05, 0) is 55.8 Å². The Kier molecular flexibility index (Phi) is 3.24. The van der Waals surface area contributed by atoms with Crippen molar-refractivity contribution in [1.82, 2.24) is 4.57 Å². The van der Waals surface area contributed by atoms with Gasteiger partial charge in [0, 0.05) is 23.1 Å². The average molecular weight is 405 g/mol. The van der Waals surface area contributed by atoms with Crippen molar-refractivity contribution >= 4 is 27.5 Å². The molecule has 152 valence electrons. The summed E-state index contributed by atoms with van der Waals surface area (Å²) in [7, 11) is 0. The van der Waals surface area contributed by atoms with E-state index in [0.29, 0.717) is 0 Å². The number of para-hydroxylation sites is 2. The number of nitrogens with zero attached hydrogens (tertiary/aromatic N) is 1. The number of fused-ring (bicyclic) bond motifs is 8. The van der Waals surface area contributed by atoms with Crippen LogP contribution in [0.15, 0.2) is 78.9 Å². The molecule has 3 atom stereocenters. The minimum absolute atomic E-state index is 0.0233. The Morgan fingerprint density at radius 2 is 1.77 bits per heavy atom. The molecule has 0 N–H and O–H groups in total. The minimum Gasteiger partial charge on any atom is -0.489 e. The number of hydrogen-bond acceptors (Lipinski definition) is 2. The normalized spacial score (nSPS) is 25.7. The van der Waals surface area contributed by atoms with Gasteiger partial charge in [0.25, 0.3) is 0 Å². The lowest BCUT2D eigenvalue weighted by Gasteiger charge is -2.30. The molecular weight excluding hydrogens is 382 g/mol. The molecule has 3 unspecified atom stereocenters. The fourth-order valence-corrected chi connectivity index (χ4v) is 5.70. The van der Waals surface area contributed by atoms with Gasteiger partial charge in [-0.1, -0.05) is 42.5 Å². The molecule has 2 aliphatic heterocycles. The van der Waals surface area contributed by atoms with E-state index < -0.39 is 0 Å². The Balaban J connectivity index is 1.52. The number of benzene rings is 3. The van der Waals surface area contributed by atoms with Crippen LogP contribution in [-0.2, 0) is 11.8 Å². The molecule has 0 amide bonds. The maximum absolute atomic E-state index is 6.29. The van der Waals surface area contributed by atoms with Gasteiger partial charge in [0.15, 0.2) is 0 Å². The van der Waals surface area contributed by atoms with E-state index in [1.54, 1.807) is 0 Å². The van der Waals surface area contributed by atoms with Crippen molar-refractivity contribution in [3.8, 4) is 11.5 Å². The molecule has 0 fully saturated rings. The molecule has 3 nitrogen and oxygen atoms in total. The van der Waals surface area contributed by atoms with Crippen molar-refractivity contribution in [1.29, 1.82) is 0 Å². The van der Waals surface area contributed by atoms with Crippen molar-refractivity contribution in [2.45, 2.75) is 37.9 Å². The van der Waals surface area contributed by atoms with Crippen LogP contribution in [0.5, 0.6) is 11.5 Å². The fraction of sp³-hybridized carbons (Fsp3) is 0.214. The zero-order chi connectivity index (χ0) is 20.7. The maximum atomic E-state index is 6.29. The summed E-state index contributed by atoms with van der Waals surface area (Å²) in [4.78, 5) is 0. The summed E-state index contributed by atoms with van der Waals surface area (Å²) in [6, 6.07) is 21.6. The summed E-state index contributed by atoms with van der Waals surface area (Å²) in [6.07, 6.45) is 8.02. The lowest BCUT2D eigenvalue weighted by molar-refractivity contribution is 0.228. The van der Waals surface area contributed by atoms with Crippen LogP contribution in [0.3, 0.4) is 0 Å². The highest BCUT2D eigenvalue weighted by Gasteiger charge is 2.44. The molecular formula is C28H23NO2. The molecule has 1 aromatic heterocycles. The number of ether oxygens (including phenoxy) is 2. The van der Waals surface area contributed by atoms with Gasteiger partial charge in [-0.15, -0.1) is 0 Å². The lowest BCUT2D eigenvalue weighted by atomic mass is 9.76. The van der Waals surface area contributed by atoms with Crippen molar-refractivity contribution in [3.63, 3.8) is 0 Å². The van der Waals surface area contributed by atoms with E-state index >= 15 is 0 Å². The van der Waals surface area contributed by atoms with Gasteiger partial charge in [0.1, 0.15) is 23.7 Å². The van der Waals surface area contributed by atoms with Crippen molar-refractivity contribution in [3.05, 3.63) is 90.0 Å². The third-order valence-corrected chi connectivity index (χ3v) is 7.16. The fourth-order valence-electron chi connectivity index (χ4n) is 5.70. The van der Waals surface area contributed by atoms with E-state index in [1.165, 1.54) is 38.6 Å². The van der Waals surface area contributed by atoms with E-state index in [2.05, 4.69) is 91.2 Å². The summed E-state index contributed by atoms with van der Waals surface area (Å²) in [5.74, 6) is 2.04. The van der Waals surface area contributed by atoms with Crippen LogP contribution in [0, 0.1) is 0 Å². The van der Waals surface area contributed by atoms with Gasteiger partial charge < -0.3 is 14.0 Å². The Morgan fingerprint density at radius 3 is 2.71 bits per heavy atom. The van der Waals surface area contributed by atoms with E-state index in [9.17, 15) is 0 Å². The van der Waals surface area contributed by atoms with E-state index in [4.69, 9.17) is 9.47 Å². The number of allylic oxidation sites excluding steroid dienone is 2. The molecule has 1 aliphatic carbocycles. The van der Waals surface area contributed by atoms with Crippen molar-refractivity contribution < 1.29 is 9.47 Å². The van der Waals surface area contributed by atoms with Crippen LogP contribution < -0.4 is 9.47 Å². The maximum Gasteiger partial charge on any atom is 0.133 e. The quantitative estimate of drug-likeness (QED) is 0.374. The first-order valence-electron chi connectivity index (χ1n) is 11.0. The second-order valence-electron chi connectivity index (χ2n) is 9.18. The predicted molar refractivity (Wildman–Crippen MR) is 125 cm³/mol. The first kappa shape index (κ1) is 17.2. The van der Waals surface area contributed by atoms with E-state index in [1.807, 2.05) is 6.07 Å². The van der Waals surface area contributed by atoms with Gasteiger partial charge >= 0.3 is 0 Å². The summed E-state index contributed by atoms with van der Waals surface area (Å²) in [6.45, 7) is 4.43. The SMILES string of the molecule is CC1Cc2ccc3c(c2O1)c1ccccc1n3C1=CC2(C)c3ccccc3OC2C=C1. The predicted octanol–water partition coefficient (Wildman–Crippen LogP) is 6.25. The second-order valence-corrected chi connectivity index (χ2v) is 9.18. The van der Waals surface area contributed by atoms with Gasteiger partial charge in [-0.2, -0.15) is 0 Å². The monoisotopic (exact) mass is 405 g/mol. The summed E-state index contributed by atoms with van der Waals surface area (Å²) < 4.78 is 14.9. The van der Waals surface area contributed by atoms with Gasteiger partial charge in [-0.25, -0.2) is 0 Å². The van der Waals surface area contributed by atoms with Crippen LogP contribution >= 0.6 is 0 Å². The Labute approximate surface area is 181 Å². The Hall–Kier alpha value is -3.46. The molecule has 0 saturated heterocycles. The summed E-state index contributed by atoms with van der Waals surface area (Å²) >= 11 is 0. The zero-order valence-electron chi connectivity index (χ0n) is 17.6. The number of aromatic nitrogens is 1. The number of rotatable bonds is 1. The molecule has 3 aliphatic rings. The average Bonchev–Trinajstić information content (AvgIpc) is 3.41. The Morgan fingerprint density at radius 1 is 0.935 bits per heavy atom.